The number of amides is 2. The minimum Gasteiger partial charge on any atom is -0.438 e. The van der Waals surface area contributed by atoms with Gasteiger partial charge in [-0.05, 0) is 78.5 Å². The largest absolute Gasteiger partial charge is 0.446 e. The smallest absolute Gasteiger partial charge is 0.438 e. The Morgan fingerprint density at radius 3 is 2.25 bits per heavy atom. The molecule has 0 aliphatic carbocycles. The number of thioether (sulfide) groups is 1. The number of carbonyl (C=O) groups excluding carboxylic acids is 1. The fraction of sp³-hybridized carbons (Fsp3) is 0.0833. The number of alkyl halides is 3. The number of nitrogens with zero attached hydrogens (tertiary/aromatic N) is 4. The van der Waals surface area contributed by atoms with Crippen molar-refractivity contribution in [1.82, 2.24) is 15.0 Å². The van der Waals surface area contributed by atoms with Crippen molar-refractivity contribution in [1.29, 1.82) is 0 Å². The zero-order chi connectivity index (χ0) is 25.7. The molecule has 184 valence electrons. The molecule has 4 rings (SSSR count). The van der Waals surface area contributed by atoms with E-state index < -0.39 is 11.5 Å². The van der Waals surface area contributed by atoms with E-state index in [0.29, 0.717) is 40.2 Å². The molecule has 12 heteroatoms. The van der Waals surface area contributed by atoms with E-state index in [-0.39, 0.29) is 16.7 Å². The van der Waals surface area contributed by atoms with Crippen molar-refractivity contribution in [3.63, 3.8) is 0 Å². The third kappa shape index (κ3) is 6.02. The number of nitrogens with one attached hydrogen (secondary N) is 1. The maximum atomic E-state index is 12.6. The van der Waals surface area contributed by atoms with Gasteiger partial charge in [-0.25, -0.2) is 19.7 Å². The maximum Gasteiger partial charge on any atom is 0.446 e. The van der Waals surface area contributed by atoms with E-state index >= 15 is 0 Å². The van der Waals surface area contributed by atoms with Crippen LogP contribution in [0.3, 0.4) is 0 Å². The summed E-state index contributed by atoms with van der Waals surface area (Å²) in [6.45, 7) is 0. The fourth-order valence-corrected chi connectivity index (χ4v) is 3.81. The standard InChI is InChI=1S/C24H19F3N6O2S/c1-29-23-31-14-12-20(32-23)19-3-2-13-30-21(19)35-17-8-4-15(5-9-17)33(22(28)34)16-6-10-18(11-7-16)36-24(25,26)27/h2-14H,1H3,(H2,28,34)(H,29,31,32). The molecule has 0 saturated carbocycles. The number of urea groups is 1. The van der Waals surface area contributed by atoms with Crippen molar-refractivity contribution in [3.05, 3.63) is 79.1 Å². The highest BCUT2D eigenvalue weighted by molar-refractivity contribution is 8.00. The first-order valence-electron chi connectivity index (χ1n) is 10.4. The van der Waals surface area contributed by atoms with Crippen molar-refractivity contribution in [2.24, 2.45) is 5.73 Å². The van der Waals surface area contributed by atoms with Crippen LogP contribution < -0.4 is 20.7 Å². The number of halogens is 3. The number of hydrogen-bond acceptors (Lipinski definition) is 7. The van der Waals surface area contributed by atoms with Gasteiger partial charge in [0.15, 0.2) is 0 Å². The first-order valence-corrected chi connectivity index (χ1v) is 11.2. The van der Waals surface area contributed by atoms with Crippen LogP contribution in [0, 0.1) is 0 Å². The fourth-order valence-electron chi connectivity index (χ4n) is 3.27. The van der Waals surface area contributed by atoms with Gasteiger partial charge in [0.2, 0.25) is 11.8 Å². The van der Waals surface area contributed by atoms with E-state index in [2.05, 4.69) is 20.3 Å². The number of carbonyl (C=O) groups is 1. The highest BCUT2D eigenvalue weighted by atomic mass is 32.2. The van der Waals surface area contributed by atoms with Crippen LogP contribution in [0.2, 0.25) is 0 Å². The van der Waals surface area contributed by atoms with E-state index in [0.717, 1.165) is 0 Å². The SMILES string of the molecule is CNc1nccc(-c2cccnc2Oc2ccc(N(C(N)=O)c3ccc(SC(F)(F)F)cc3)cc2)n1. The number of ether oxygens (including phenoxy) is 1. The topological polar surface area (TPSA) is 106 Å². The molecule has 0 atom stereocenters. The summed E-state index contributed by atoms with van der Waals surface area (Å²) in [7, 11) is 1.71. The normalized spacial score (nSPS) is 11.1. The monoisotopic (exact) mass is 512 g/mol. The number of rotatable bonds is 7. The molecule has 0 radical (unpaired) electrons. The molecule has 36 heavy (non-hydrogen) atoms. The summed E-state index contributed by atoms with van der Waals surface area (Å²) in [5.74, 6) is 1.20. The number of nitrogens with two attached hydrogens (primary N) is 1. The maximum absolute atomic E-state index is 12.6. The Bertz CT molecular complexity index is 1350. The van der Waals surface area contributed by atoms with Gasteiger partial charge in [-0.15, -0.1) is 0 Å². The van der Waals surface area contributed by atoms with Crippen LogP contribution in [0.1, 0.15) is 0 Å². The molecule has 0 spiro atoms. The number of hydrogen-bond donors (Lipinski definition) is 2. The molecule has 2 heterocycles. The lowest BCUT2D eigenvalue weighted by Crippen LogP contribution is -2.31. The van der Waals surface area contributed by atoms with Gasteiger partial charge in [0, 0.05) is 24.3 Å². The minimum absolute atomic E-state index is 0.00360. The van der Waals surface area contributed by atoms with E-state index in [1.165, 1.54) is 29.2 Å². The number of primary amides is 1. The summed E-state index contributed by atoms with van der Waals surface area (Å²) >= 11 is -0.239. The molecule has 2 amide bonds. The Morgan fingerprint density at radius 1 is 0.972 bits per heavy atom. The van der Waals surface area contributed by atoms with Gasteiger partial charge in [0.05, 0.1) is 22.6 Å². The Kier molecular flexibility index (Phi) is 7.25. The van der Waals surface area contributed by atoms with E-state index in [1.54, 1.807) is 55.8 Å². The molecule has 0 saturated heterocycles. The molecular formula is C24H19F3N6O2S. The summed E-state index contributed by atoms with van der Waals surface area (Å²) < 4.78 is 43.8. The van der Waals surface area contributed by atoms with Crippen molar-refractivity contribution in [3.8, 4) is 22.9 Å². The second kappa shape index (κ2) is 10.5. The lowest BCUT2D eigenvalue weighted by Gasteiger charge is -2.21. The van der Waals surface area contributed by atoms with Crippen LogP contribution in [0.4, 0.5) is 35.3 Å². The lowest BCUT2D eigenvalue weighted by atomic mass is 10.2. The van der Waals surface area contributed by atoms with E-state index in [9.17, 15) is 18.0 Å². The molecule has 4 aromatic rings. The molecule has 2 aromatic carbocycles. The highest BCUT2D eigenvalue weighted by Gasteiger charge is 2.29. The average Bonchev–Trinajstić information content (AvgIpc) is 2.85. The van der Waals surface area contributed by atoms with Gasteiger partial charge in [0.25, 0.3) is 0 Å². The number of anilines is 3. The number of aromatic nitrogens is 3. The van der Waals surface area contributed by atoms with Gasteiger partial charge < -0.3 is 15.8 Å². The molecule has 8 nitrogen and oxygen atoms in total. The summed E-state index contributed by atoms with van der Waals surface area (Å²) in [4.78, 5) is 26.1. The first-order chi connectivity index (χ1) is 17.2. The van der Waals surface area contributed by atoms with Crippen LogP contribution in [-0.4, -0.2) is 33.5 Å². The van der Waals surface area contributed by atoms with Crippen LogP contribution in [0.15, 0.2) is 84.0 Å². The molecular weight excluding hydrogens is 493 g/mol. The minimum atomic E-state index is -4.41. The van der Waals surface area contributed by atoms with Crippen LogP contribution in [0.25, 0.3) is 11.3 Å². The number of pyridine rings is 1. The van der Waals surface area contributed by atoms with Crippen molar-refractivity contribution in [2.75, 3.05) is 17.3 Å². The van der Waals surface area contributed by atoms with Gasteiger partial charge in [-0.1, -0.05) is 0 Å². The van der Waals surface area contributed by atoms with E-state index in [1.807, 2.05) is 6.07 Å². The Balaban J connectivity index is 1.56. The lowest BCUT2D eigenvalue weighted by molar-refractivity contribution is -0.0328. The quantitative estimate of drug-likeness (QED) is 0.284. The predicted octanol–water partition coefficient (Wildman–Crippen LogP) is 6.20. The number of benzene rings is 2. The van der Waals surface area contributed by atoms with Gasteiger partial charge in [0.1, 0.15) is 5.75 Å². The first kappa shape index (κ1) is 24.8. The van der Waals surface area contributed by atoms with Crippen LogP contribution in [-0.2, 0) is 0 Å². The molecule has 0 aliphatic rings. The summed E-state index contributed by atoms with van der Waals surface area (Å²) in [6.07, 6.45) is 3.20. The zero-order valence-corrected chi connectivity index (χ0v) is 19.5. The zero-order valence-electron chi connectivity index (χ0n) is 18.7. The highest BCUT2D eigenvalue weighted by Crippen LogP contribution is 2.38. The Hall–Kier alpha value is -4.32. The van der Waals surface area contributed by atoms with Gasteiger partial charge in [-0.2, -0.15) is 13.2 Å². The average molecular weight is 513 g/mol. The van der Waals surface area contributed by atoms with Gasteiger partial charge in [-0.3, -0.25) is 4.90 Å². The Morgan fingerprint density at radius 2 is 1.64 bits per heavy atom. The third-order valence-corrected chi connectivity index (χ3v) is 5.52. The van der Waals surface area contributed by atoms with Crippen molar-refractivity contribution < 1.29 is 22.7 Å². The molecule has 3 N–H and O–H groups in total. The Labute approximate surface area is 208 Å². The van der Waals surface area contributed by atoms with Crippen LogP contribution in [0.5, 0.6) is 11.6 Å². The molecule has 0 bridgehead atoms. The van der Waals surface area contributed by atoms with E-state index in [4.69, 9.17) is 10.5 Å². The molecule has 0 fully saturated rings. The second-order valence-electron chi connectivity index (χ2n) is 7.18. The molecule has 0 unspecified atom stereocenters. The summed E-state index contributed by atoms with van der Waals surface area (Å²) in [5.41, 5.74) is 3.13. The summed E-state index contributed by atoms with van der Waals surface area (Å²) in [6, 6.07) is 16.3. The molecule has 0 aliphatic heterocycles. The van der Waals surface area contributed by atoms with Crippen molar-refractivity contribution >= 4 is 35.1 Å². The second-order valence-corrected chi connectivity index (χ2v) is 8.32. The summed E-state index contributed by atoms with van der Waals surface area (Å²) in [5, 5.41) is 2.88. The van der Waals surface area contributed by atoms with Gasteiger partial charge >= 0.3 is 11.5 Å². The molecule has 2 aromatic heterocycles. The van der Waals surface area contributed by atoms with Crippen LogP contribution >= 0.6 is 11.8 Å². The third-order valence-electron chi connectivity index (χ3n) is 4.78. The van der Waals surface area contributed by atoms with Crippen molar-refractivity contribution in [2.45, 2.75) is 10.4 Å². The predicted molar refractivity (Wildman–Crippen MR) is 131 cm³/mol.